The Labute approximate surface area is 257 Å². The number of benzene rings is 2. The summed E-state index contributed by atoms with van der Waals surface area (Å²) in [4.78, 5) is 36.6. The van der Waals surface area contributed by atoms with Gasteiger partial charge >= 0.3 is 0 Å². The molecule has 0 bridgehead atoms. The first kappa shape index (κ1) is 30.3. The van der Waals surface area contributed by atoms with Crippen molar-refractivity contribution in [3.8, 4) is 0 Å². The zero-order valence-corrected chi connectivity index (χ0v) is 25.5. The second-order valence-corrected chi connectivity index (χ2v) is 12.1. The fourth-order valence-corrected chi connectivity index (χ4v) is 5.86. The van der Waals surface area contributed by atoms with Gasteiger partial charge in [0.1, 0.15) is 0 Å². The number of nitrogens with one attached hydrogen (secondary N) is 4. The summed E-state index contributed by atoms with van der Waals surface area (Å²) >= 11 is 6.58. The zero-order chi connectivity index (χ0) is 30.4. The number of allylic oxidation sites excluding steroid dienone is 1. The molecule has 3 aromatic rings. The molecule has 1 aliphatic carbocycles. The minimum atomic E-state index is -0.400. The molecule has 2 aliphatic rings. The highest BCUT2D eigenvalue weighted by atomic mass is 35.5. The molecule has 5 rings (SSSR count). The molecule has 0 saturated heterocycles. The third kappa shape index (κ3) is 7.80. The number of anilines is 3. The molecule has 0 spiro atoms. The fraction of sp³-hybridized carbons (Fsp3) is 0.333. The summed E-state index contributed by atoms with van der Waals surface area (Å²) < 4.78 is 0. The Kier molecular flexibility index (Phi) is 9.43. The van der Waals surface area contributed by atoms with Crippen molar-refractivity contribution >= 4 is 40.7 Å². The van der Waals surface area contributed by atoms with Crippen molar-refractivity contribution in [2.24, 2.45) is 0 Å². The van der Waals surface area contributed by atoms with E-state index in [4.69, 9.17) is 16.6 Å². The number of hydrogen-bond donors (Lipinski definition) is 4. The van der Waals surface area contributed by atoms with Gasteiger partial charge in [-0.1, -0.05) is 42.0 Å². The standard InChI is InChI=1S/C33H38ClN7O2/c1-33(40-31(43)22-12-14-23(15-13-22)37-29(42)11-7-19-41(2)3)17-6-8-24(20-33)38-32-36-21-27(34)30(39-32)26-16-18-35-28-10-5-4-9-25(26)28/h4-5,7,9-16,18,21,24,26,35H,6,8,17,19-20H2,1-3H3,(H,37,42)(H,40,43)(H,36,38,39)/b11-7+. The van der Waals surface area contributed by atoms with Crippen LogP contribution < -0.4 is 21.3 Å². The van der Waals surface area contributed by atoms with Crippen LogP contribution in [0.4, 0.5) is 17.3 Å². The maximum atomic E-state index is 13.2. The molecule has 3 unspecified atom stereocenters. The molecule has 4 N–H and O–H groups in total. The van der Waals surface area contributed by atoms with E-state index in [2.05, 4.69) is 45.3 Å². The van der Waals surface area contributed by atoms with Crippen LogP contribution >= 0.6 is 11.6 Å². The molecular weight excluding hydrogens is 562 g/mol. The predicted molar refractivity (Wildman–Crippen MR) is 173 cm³/mol. The van der Waals surface area contributed by atoms with E-state index in [9.17, 15) is 9.59 Å². The molecule has 1 saturated carbocycles. The summed E-state index contributed by atoms with van der Waals surface area (Å²) in [7, 11) is 3.88. The highest BCUT2D eigenvalue weighted by Gasteiger charge is 2.34. The highest BCUT2D eigenvalue weighted by molar-refractivity contribution is 6.31. The number of fused-ring (bicyclic) bond motifs is 1. The maximum absolute atomic E-state index is 13.2. The van der Waals surface area contributed by atoms with Crippen molar-refractivity contribution in [2.45, 2.75) is 50.1 Å². The Hall–Kier alpha value is -4.21. The van der Waals surface area contributed by atoms with Gasteiger partial charge in [0.05, 0.1) is 16.9 Å². The zero-order valence-electron chi connectivity index (χ0n) is 24.7. The summed E-state index contributed by atoms with van der Waals surface area (Å²) in [5.74, 6) is 0.0941. The minimum absolute atomic E-state index is 0.0799. The topological polar surface area (TPSA) is 111 Å². The first-order valence-electron chi connectivity index (χ1n) is 14.5. The summed E-state index contributed by atoms with van der Waals surface area (Å²) in [6.45, 7) is 2.76. The lowest BCUT2D eigenvalue weighted by atomic mass is 9.80. The molecule has 1 aromatic heterocycles. The molecule has 43 heavy (non-hydrogen) atoms. The molecule has 3 atom stereocenters. The fourth-order valence-electron chi connectivity index (χ4n) is 5.66. The van der Waals surface area contributed by atoms with Gasteiger partial charge in [-0.25, -0.2) is 9.97 Å². The summed E-state index contributed by atoms with van der Waals surface area (Å²) in [6, 6.07) is 15.1. The number of carbonyl (C=O) groups excluding carboxylic acids is 2. The number of aromatic nitrogens is 2. The van der Waals surface area contributed by atoms with Gasteiger partial charge in [-0.15, -0.1) is 0 Å². The average Bonchev–Trinajstić information content (AvgIpc) is 2.98. The number of para-hydroxylation sites is 1. The van der Waals surface area contributed by atoms with Crippen LogP contribution in [0.2, 0.25) is 5.02 Å². The van der Waals surface area contributed by atoms with Crippen LogP contribution in [0.15, 0.2) is 79.2 Å². The number of nitrogens with zero attached hydrogens (tertiary/aromatic N) is 3. The van der Waals surface area contributed by atoms with Crippen LogP contribution in [0.1, 0.15) is 60.1 Å². The van der Waals surface area contributed by atoms with Crippen molar-refractivity contribution in [3.63, 3.8) is 0 Å². The van der Waals surface area contributed by atoms with Crippen LogP contribution in [-0.4, -0.2) is 58.9 Å². The van der Waals surface area contributed by atoms with E-state index in [-0.39, 0.29) is 23.8 Å². The molecule has 10 heteroatoms. The predicted octanol–water partition coefficient (Wildman–Crippen LogP) is 5.80. The van der Waals surface area contributed by atoms with Crippen molar-refractivity contribution in [3.05, 3.63) is 101 Å². The Morgan fingerprint density at radius 2 is 1.95 bits per heavy atom. The lowest BCUT2D eigenvalue weighted by molar-refractivity contribution is -0.111. The van der Waals surface area contributed by atoms with E-state index in [1.807, 2.05) is 43.4 Å². The Bertz CT molecular complexity index is 1520. The second kappa shape index (κ2) is 13.4. The highest BCUT2D eigenvalue weighted by Crippen LogP contribution is 2.37. The van der Waals surface area contributed by atoms with Gasteiger partial charge in [-0.3, -0.25) is 9.59 Å². The number of hydrogen-bond acceptors (Lipinski definition) is 7. The monoisotopic (exact) mass is 599 g/mol. The van der Waals surface area contributed by atoms with E-state index in [0.29, 0.717) is 28.8 Å². The van der Waals surface area contributed by atoms with Gasteiger partial charge < -0.3 is 26.2 Å². The third-order valence-corrected chi connectivity index (χ3v) is 8.06. The third-order valence-electron chi connectivity index (χ3n) is 7.77. The number of rotatable bonds is 9. The quantitative estimate of drug-likeness (QED) is 0.230. The van der Waals surface area contributed by atoms with Gasteiger partial charge in [0.2, 0.25) is 11.9 Å². The Morgan fingerprint density at radius 3 is 2.74 bits per heavy atom. The molecule has 0 radical (unpaired) electrons. The van der Waals surface area contributed by atoms with Crippen molar-refractivity contribution in [1.29, 1.82) is 0 Å². The van der Waals surface area contributed by atoms with E-state index in [1.54, 1.807) is 36.5 Å². The molecule has 2 aromatic carbocycles. The molecule has 224 valence electrons. The summed E-state index contributed by atoms with van der Waals surface area (Å²) in [5.41, 5.74) is 3.67. The average molecular weight is 600 g/mol. The normalized spacial score (nSPS) is 21.2. The van der Waals surface area contributed by atoms with E-state index in [0.717, 1.165) is 42.6 Å². The van der Waals surface area contributed by atoms with Crippen molar-refractivity contribution in [1.82, 2.24) is 20.2 Å². The van der Waals surface area contributed by atoms with Gasteiger partial charge in [-0.05, 0) is 88.8 Å². The molecule has 2 amide bonds. The van der Waals surface area contributed by atoms with Gasteiger partial charge in [0.25, 0.3) is 5.91 Å². The molecular formula is C33H38ClN7O2. The largest absolute Gasteiger partial charge is 0.362 e. The van der Waals surface area contributed by atoms with Crippen molar-refractivity contribution < 1.29 is 9.59 Å². The van der Waals surface area contributed by atoms with Crippen LogP contribution in [0.5, 0.6) is 0 Å². The van der Waals surface area contributed by atoms with E-state index in [1.165, 1.54) is 6.08 Å². The van der Waals surface area contributed by atoms with Crippen LogP contribution in [0, 0.1) is 0 Å². The van der Waals surface area contributed by atoms with Crippen LogP contribution in [0.3, 0.4) is 0 Å². The summed E-state index contributed by atoms with van der Waals surface area (Å²) in [5, 5.41) is 13.4. The minimum Gasteiger partial charge on any atom is -0.362 e. The second-order valence-electron chi connectivity index (χ2n) is 11.7. The number of halogens is 1. The Balaban J connectivity index is 1.20. The first-order chi connectivity index (χ1) is 20.7. The van der Waals surface area contributed by atoms with Crippen LogP contribution in [0.25, 0.3) is 0 Å². The van der Waals surface area contributed by atoms with E-state index < -0.39 is 5.54 Å². The number of amides is 2. The lowest BCUT2D eigenvalue weighted by Gasteiger charge is -2.39. The number of carbonyl (C=O) groups is 2. The lowest BCUT2D eigenvalue weighted by Crippen LogP contribution is -2.51. The maximum Gasteiger partial charge on any atom is 0.251 e. The first-order valence-corrected chi connectivity index (χ1v) is 14.9. The number of likely N-dealkylation sites (N-methyl/N-ethyl adjacent to an activating group) is 1. The molecule has 1 fully saturated rings. The van der Waals surface area contributed by atoms with Gasteiger partial charge in [0, 0.05) is 47.1 Å². The van der Waals surface area contributed by atoms with E-state index >= 15 is 0 Å². The van der Waals surface area contributed by atoms with Gasteiger partial charge in [0.15, 0.2) is 0 Å². The molecule has 1 aliphatic heterocycles. The summed E-state index contributed by atoms with van der Waals surface area (Å²) in [6.07, 6.45) is 12.4. The molecule has 9 nitrogen and oxygen atoms in total. The Morgan fingerprint density at radius 1 is 1.16 bits per heavy atom. The molecule has 2 heterocycles. The van der Waals surface area contributed by atoms with Gasteiger partial charge in [-0.2, -0.15) is 0 Å². The van der Waals surface area contributed by atoms with Crippen molar-refractivity contribution in [2.75, 3.05) is 36.6 Å². The SMILES string of the molecule is CN(C)C/C=C/C(=O)Nc1ccc(C(=O)NC2(C)CCCC(Nc3ncc(Cl)c(C4C=CNc5ccccc54)n3)C2)cc1. The smallest absolute Gasteiger partial charge is 0.251 e. The van der Waals surface area contributed by atoms with Crippen LogP contribution in [-0.2, 0) is 4.79 Å².